The minimum absolute atomic E-state index is 0.127. The van der Waals surface area contributed by atoms with Crippen molar-refractivity contribution in [2.75, 3.05) is 0 Å². The van der Waals surface area contributed by atoms with Crippen LogP contribution in [-0.4, -0.2) is 5.78 Å². The van der Waals surface area contributed by atoms with E-state index >= 15 is 0 Å². The van der Waals surface area contributed by atoms with Gasteiger partial charge in [-0.25, -0.2) is 0 Å². The topological polar surface area (TPSA) is 17.1 Å². The Bertz CT molecular complexity index is 313. The van der Waals surface area contributed by atoms with Crippen LogP contribution in [0.4, 0.5) is 0 Å². The molecule has 1 nitrogen and oxygen atoms in total. The van der Waals surface area contributed by atoms with Gasteiger partial charge in [-0.1, -0.05) is 49.8 Å². The van der Waals surface area contributed by atoms with Crippen LogP contribution < -0.4 is 0 Å². The van der Waals surface area contributed by atoms with Crippen molar-refractivity contribution in [3.63, 3.8) is 0 Å². The number of Topliss-reactive ketones (excluding diaryl/α,β-unsaturated/α-hetero) is 1. The Balaban J connectivity index is 2.72. The number of benzene rings is 1. The van der Waals surface area contributed by atoms with E-state index in [1.165, 1.54) is 0 Å². The van der Waals surface area contributed by atoms with E-state index in [1.807, 2.05) is 30.3 Å². The molecule has 1 heteroatoms. The molecule has 0 aromatic heterocycles. The number of carbonyl (C=O) groups excluding carboxylic acids is 1. The van der Waals surface area contributed by atoms with Gasteiger partial charge < -0.3 is 0 Å². The number of ketones is 1. The monoisotopic (exact) mass is 202 g/mol. The fourth-order valence-corrected chi connectivity index (χ4v) is 1.62. The molecule has 0 aliphatic rings. The molecule has 1 aromatic rings. The quantitative estimate of drug-likeness (QED) is 0.642. The highest BCUT2D eigenvalue weighted by atomic mass is 16.1. The second kappa shape index (κ2) is 6.18. The van der Waals surface area contributed by atoms with Gasteiger partial charge in [-0.05, 0) is 12.0 Å². The Morgan fingerprint density at radius 1 is 1.40 bits per heavy atom. The summed E-state index contributed by atoms with van der Waals surface area (Å²) in [4.78, 5) is 11.9. The lowest BCUT2D eigenvalue weighted by molar-refractivity contribution is -0.119. The van der Waals surface area contributed by atoms with Crippen LogP contribution in [0.3, 0.4) is 0 Å². The molecular formula is C14H18O. The van der Waals surface area contributed by atoms with E-state index in [-0.39, 0.29) is 11.7 Å². The van der Waals surface area contributed by atoms with E-state index in [0.29, 0.717) is 6.42 Å². The smallest absolute Gasteiger partial charge is 0.144 e. The number of hydrogen-bond acceptors (Lipinski definition) is 1. The number of carbonyl (C=O) groups is 1. The van der Waals surface area contributed by atoms with E-state index in [0.717, 1.165) is 18.4 Å². The van der Waals surface area contributed by atoms with Crippen molar-refractivity contribution in [1.82, 2.24) is 0 Å². The average molecular weight is 202 g/mol. The minimum Gasteiger partial charge on any atom is -0.299 e. The maximum atomic E-state index is 11.9. The van der Waals surface area contributed by atoms with Crippen LogP contribution in [-0.2, 0) is 4.79 Å². The summed E-state index contributed by atoms with van der Waals surface area (Å²) in [5, 5.41) is 0. The Morgan fingerprint density at radius 3 is 2.60 bits per heavy atom. The standard InChI is InChI=1S/C14H18O/c1-3-5-11-14(15)13(4-2)12-9-7-6-8-10-12/h4,6-10,13H,2-3,5,11H2,1H3. The summed E-state index contributed by atoms with van der Waals surface area (Å²) in [6, 6.07) is 9.84. The van der Waals surface area contributed by atoms with Crippen LogP contribution in [0, 0.1) is 0 Å². The highest BCUT2D eigenvalue weighted by molar-refractivity contribution is 5.87. The fourth-order valence-electron chi connectivity index (χ4n) is 1.62. The van der Waals surface area contributed by atoms with Crippen LogP contribution in [0.1, 0.15) is 37.7 Å². The summed E-state index contributed by atoms with van der Waals surface area (Å²) in [5.74, 6) is 0.149. The molecule has 0 aliphatic carbocycles. The third kappa shape index (κ3) is 3.35. The summed E-state index contributed by atoms with van der Waals surface area (Å²) in [7, 11) is 0. The average Bonchev–Trinajstić information content (AvgIpc) is 2.29. The summed E-state index contributed by atoms with van der Waals surface area (Å²) in [6.07, 6.45) is 4.43. The van der Waals surface area contributed by atoms with E-state index in [9.17, 15) is 4.79 Å². The molecule has 0 spiro atoms. The van der Waals surface area contributed by atoms with Crippen molar-refractivity contribution < 1.29 is 4.79 Å². The van der Waals surface area contributed by atoms with Crippen molar-refractivity contribution >= 4 is 5.78 Å². The van der Waals surface area contributed by atoms with Crippen molar-refractivity contribution in [2.45, 2.75) is 32.1 Å². The van der Waals surface area contributed by atoms with E-state index in [4.69, 9.17) is 0 Å². The normalized spacial score (nSPS) is 12.1. The van der Waals surface area contributed by atoms with Crippen molar-refractivity contribution in [2.24, 2.45) is 0 Å². The summed E-state index contributed by atoms with van der Waals surface area (Å²) in [6.45, 7) is 5.84. The Hall–Kier alpha value is -1.37. The second-order valence-electron chi connectivity index (χ2n) is 3.69. The summed E-state index contributed by atoms with van der Waals surface area (Å²) < 4.78 is 0. The first-order valence-electron chi connectivity index (χ1n) is 5.49. The summed E-state index contributed by atoms with van der Waals surface area (Å²) >= 11 is 0. The van der Waals surface area contributed by atoms with Gasteiger partial charge >= 0.3 is 0 Å². The largest absolute Gasteiger partial charge is 0.299 e. The van der Waals surface area contributed by atoms with Crippen LogP contribution in [0.5, 0.6) is 0 Å². The molecule has 0 bridgehead atoms. The predicted molar refractivity (Wildman–Crippen MR) is 63.9 cm³/mol. The molecule has 0 heterocycles. The van der Waals surface area contributed by atoms with E-state index in [1.54, 1.807) is 6.08 Å². The molecular weight excluding hydrogens is 184 g/mol. The van der Waals surface area contributed by atoms with Gasteiger partial charge in [0.05, 0.1) is 5.92 Å². The zero-order chi connectivity index (χ0) is 11.1. The van der Waals surface area contributed by atoms with Gasteiger partial charge in [0, 0.05) is 6.42 Å². The van der Waals surface area contributed by atoms with Crippen molar-refractivity contribution in [3.05, 3.63) is 48.6 Å². The van der Waals surface area contributed by atoms with Gasteiger partial charge in [-0.2, -0.15) is 0 Å². The zero-order valence-corrected chi connectivity index (χ0v) is 9.28. The zero-order valence-electron chi connectivity index (χ0n) is 9.28. The first kappa shape index (κ1) is 11.7. The maximum Gasteiger partial charge on any atom is 0.144 e. The number of unbranched alkanes of at least 4 members (excludes halogenated alkanes) is 1. The second-order valence-corrected chi connectivity index (χ2v) is 3.69. The Kier molecular flexibility index (Phi) is 4.82. The van der Waals surface area contributed by atoms with Gasteiger partial charge in [0.15, 0.2) is 0 Å². The SMILES string of the molecule is C=CC(C(=O)CCCC)c1ccccc1. The molecule has 0 saturated carbocycles. The fraction of sp³-hybridized carbons (Fsp3) is 0.357. The Morgan fingerprint density at radius 2 is 2.07 bits per heavy atom. The van der Waals surface area contributed by atoms with E-state index in [2.05, 4.69) is 13.5 Å². The molecule has 1 unspecified atom stereocenters. The molecule has 15 heavy (non-hydrogen) atoms. The molecule has 0 N–H and O–H groups in total. The number of rotatable bonds is 6. The lowest BCUT2D eigenvalue weighted by atomic mass is 9.92. The number of hydrogen-bond donors (Lipinski definition) is 0. The van der Waals surface area contributed by atoms with Crippen molar-refractivity contribution in [3.8, 4) is 0 Å². The molecule has 0 amide bonds. The molecule has 0 radical (unpaired) electrons. The van der Waals surface area contributed by atoms with Crippen molar-refractivity contribution in [1.29, 1.82) is 0 Å². The maximum absolute atomic E-state index is 11.9. The van der Waals surface area contributed by atoms with Crippen LogP contribution in [0.2, 0.25) is 0 Å². The Labute approximate surface area is 91.8 Å². The third-order valence-corrected chi connectivity index (χ3v) is 2.52. The predicted octanol–water partition coefficient (Wildman–Crippen LogP) is 3.72. The highest BCUT2D eigenvalue weighted by Crippen LogP contribution is 2.20. The van der Waals surface area contributed by atoms with Gasteiger partial charge in [-0.15, -0.1) is 6.58 Å². The number of allylic oxidation sites excluding steroid dienone is 1. The van der Waals surface area contributed by atoms with Gasteiger partial charge in [0.2, 0.25) is 0 Å². The molecule has 1 aromatic carbocycles. The van der Waals surface area contributed by atoms with Gasteiger partial charge in [-0.3, -0.25) is 4.79 Å². The van der Waals surface area contributed by atoms with Gasteiger partial charge in [0.1, 0.15) is 5.78 Å². The van der Waals surface area contributed by atoms with Crippen LogP contribution in [0.25, 0.3) is 0 Å². The van der Waals surface area contributed by atoms with Crippen LogP contribution in [0.15, 0.2) is 43.0 Å². The minimum atomic E-state index is -0.127. The first-order valence-corrected chi connectivity index (χ1v) is 5.49. The van der Waals surface area contributed by atoms with E-state index < -0.39 is 0 Å². The molecule has 1 atom stereocenters. The third-order valence-electron chi connectivity index (χ3n) is 2.52. The molecule has 0 aliphatic heterocycles. The lowest BCUT2D eigenvalue weighted by Crippen LogP contribution is -2.09. The molecule has 1 rings (SSSR count). The summed E-state index contributed by atoms with van der Waals surface area (Å²) in [5.41, 5.74) is 1.05. The molecule has 0 saturated heterocycles. The highest BCUT2D eigenvalue weighted by Gasteiger charge is 2.15. The lowest BCUT2D eigenvalue weighted by Gasteiger charge is -2.11. The first-order chi connectivity index (χ1) is 7.29. The molecule has 0 fully saturated rings. The van der Waals surface area contributed by atoms with Crippen LogP contribution >= 0.6 is 0 Å². The van der Waals surface area contributed by atoms with Gasteiger partial charge in [0.25, 0.3) is 0 Å². The molecule has 80 valence electrons.